The zero-order chi connectivity index (χ0) is 22.9. The molecule has 0 unspecified atom stereocenters. The van der Waals surface area contributed by atoms with Gasteiger partial charge in [0.25, 0.3) is 0 Å². The van der Waals surface area contributed by atoms with Gasteiger partial charge in [-0.3, -0.25) is 9.09 Å². The molecule has 12 nitrogen and oxygen atoms in total. The van der Waals surface area contributed by atoms with E-state index in [1.165, 1.54) is 54.8 Å². The first kappa shape index (κ1) is 23.8. The van der Waals surface area contributed by atoms with Crippen LogP contribution in [0.15, 0.2) is 11.5 Å². The van der Waals surface area contributed by atoms with Gasteiger partial charge in [-0.1, -0.05) is 43.9 Å². The Morgan fingerprint density at radius 3 is 2.69 bits per heavy atom. The number of aliphatic hydroxyl groups is 2. The third kappa shape index (κ3) is 5.42. The minimum Gasteiger partial charge on any atom is -0.387 e. The fourth-order valence-corrected chi connectivity index (χ4v) is 5.52. The first-order valence-corrected chi connectivity index (χ1v) is 13.1. The van der Waals surface area contributed by atoms with Gasteiger partial charge in [0.2, 0.25) is 0 Å². The third-order valence-corrected chi connectivity index (χ3v) is 7.29. The van der Waals surface area contributed by atoms with Gasteiger partial charge in [-0.2, -0.15) is 0 Å². The Morgan fingerprint density at radius 1 is 1.22 bits per heavy atom. The highest BCUT2D eigenvalue weighted by molar-refractivity contribution is 7.99. The molecule has 0 radical (unpaired) electrons. The van der Waals surface area contributed by atoms with E-state index in [1.54, 1.807) is 0 Å². The fraction of sp³-hybridized carbons (Fsp3) is 0.722. The van der Waals surface area contributed by atoms with Crippen molar-refractivity contribution in [1.29, 1.82) is 0 Å². The summed E-state index contributed by atoms with van der Waals surface area (Å²) in [4.78, 5) is 30.8. The highest BCUT2D eigenvalue weighted by Crippen LogP contribution is 2.39. The van der Waals surface area contributed by atoms with E-state index in [2.05, 4.69) is 19.5 Å². The number of nitrogens with zero attached hydrogens (tertiary/aromatic N) is 4. The van der Waals surface area contributed by atoms with Crippen LogP contribution in [0.5, 0.6) is 0 Å². The average Bonchev–Trinajstić information content (AvgIpc) is 3.29. The molecule has 0 aromatic carbocycles. The summed E-state index contributed by atoms with van der Waals surface area (Å²) in [6.07, 6.45) is 3.84. The van der Waals surface area contributed by atoms with Gasteiger partial charge in [0.1, 0.15) is 23.8 Å². The molecule has 2 aromatic heterocycles. The number of fused-ring (bicyclic) bond motifs is 1. The lowest BCUT2D eigenvalue weighted by Crippen LogP contribution is -2.33. The number of imidazole rings is 1. The molecule has 1 saturated heterocycles. The number of rotatable bonds is 8. The van der Waals surface area contributed by atoms with Gasteiger partial charge in [-0.05, 0) is 12.3 Å². The highest BCUT2D eigenvalue weighted by Gasteiger charge is 2.45. The van der Waals surface area contributed by atoms with Crippen molar-refractivity contribution < 1.29 is 33.8 Å². The first-order chi connectivity index (χ1) is 15.2. The predicted octanol–water partition coefficient (Wildman–Crippen LogP) is 1.20. The summed E-state index contributed by atoms with van der Waals surface area (Å²) in [5, 5.41) is 21.2. The molecule has 1 aliphatic heterocycles. The SMILES string of the molecule is Nc1nc(SCCC2CCCCC2)nc2c1ncn2[C@@H]1O[C@H](COP(=O)(O)O)[C@@H](O)[C@H]1O. The van der Waals surface area contributed by atoms with Crippen LogP contribution in [0.25, 0.3) is 11.2 Å². The summed E-state index contributed by atoms with van der Waals surface area (Å²) >= 11 is 1.51. The summed E-state index contributed by atoms with van der Waals surface area (Å²) in [6, 6.07) is 0. The molecule has 2 aliphatic rings. The van der Waals surface area contributed by atoms with Crippen molar-refractivity contribution in [2.75, 3.05) is 18.1 Å². The van der Waals surface area contributed by atoms with Gasteiger partial charge in [0, 0.05) is 5.75 Å². The number of aliphatic hydroxyl groups excluding tert-OH is 2. The van der Waals surface area contributed by atoms with Crippen molar-refractivity contribution >= 4 is 36.6 Å². The van der Waals surface area contributed by atoms with E-state index in [9.17, 15) is 14.8 Å². The minimum atomic E-state index is -4.75. The molecule has 178 valence electrons. The number of aromatic nitrogens is 4. The molecule has 4 atom stereocenters. The lowest BCUT2D eigenvalue weighted by Gasteiger charge is -2.20. The minimum absolute atomic E-state index is 0.198. The molecule has 2 aromatic rings. The Balaban J connectivity index is 1.48. The van der Waals surface area contributed by atoms with E-state index >= 15 is 0 Å². The van der Waals surface area contributed by atoms with Crippen LogP contribution in [-0.4, -0.2) is 70.2 Å². The number of phosphoric ester groups is 1. The largest absolute Gasteiger partial charge is 0.469 e. The normalized spacial score (nSPS) is 27.4. The van der Waals surface area contributed by atoms with Crippen molar-refractivity contribution in [3.8, 4) is 0 Å². The van der Waals surface area contributed by atoms with E-state index in [0.29, 0.717) is 16.3 Å². The molecule has 6 N–H and O–H groups in total. The molecule has 1 aliphatic carbocycles. The maximum absolute atomic E-state index is 10.9. The molecular formula is C18H28N5O7PS. The molecule has 0 amide bonds. The quantitative estimate of drug-likeness (QED) is 0.203. The number of phosphoric acid groups is 1. The molecular weight excluding hydrogens is 461 g/mol. The van der Waals surface area contributed by atoms with Gasteiger partial charge in [0.15, 0.2) is 22.8 Å². The van der Waals surface area contributed by atoms with E-state index in [4.69, 9.17) is 20.3 Å². The van der Waals surface area contributed by atoms with Crippen LogP contribution in [0.2, 0.25) is 0 Å². The van der Waals surface area contributed by atoms with Crippen molar-refractivity contribution in [3.05, 3.63) is 6.33 Å². The van der Waals surface area contributed by atoms with E-state index in [1.807, 2.05) is 0 Å². The highest BCUT2D eigenvalue weighted by atomic mass is 32.2. The second kappa shape index (κ2) is 9.90. The molecule has 14 heteroatoms. The van der Waals surface area contributed by atoms with Gasteiger partial charge < -0.3 is 30.5 Å². The molecule has 2 fully saturated rings. The van der Waals surface area contributed by atoms with Gasteiger partial charge in [-0.25, -0.2) is 19.5 Å². The smallest absolute Gasteiger partial charge is 0.387 e. The van der Waals surface area contributed by atoms with E-state index in [0.717, 1.165) is 18.1 Å². The molecule has 0 spiro atoms. The van der Waals surface area contributed by atoms with E-state index < -0.39 is 39.0 Å². The maximum atomic E-state index is 10.9. The van der Waals surface area contributed by atoms with Gasteiger partial charge in [-0.15, -0.1) is 0 Å². The monoisotopic (exact) mass is 489 g/mol. The molecule has 3 heterocycles. The van der Waals surface area contributed by atoms with Gasteiger partial charge >= 0.3 is 7.82 Å². The second-order valence-electron chi connectivity index (χ2n) is 8.19. The van der Waals surface area contributed by atoms with Crippen molar-refractivity contribution in [2.24, 2.45) is 5.92 Å². The van der Waals surface area contributed by atoms with Crippen molar-refractivity contribution in [2.45, 2.75) is 68.2 Å². The summed E-state index contributed by atoms with van der Waals surface area (Å²) in [7, 11) is -4.75. The van der Waals surface area contributed by atoms with Gasteiger partial charge in [0.05, 0.1) is 12.9 Å². The fourth-order valence-electron chi connectivity index (χ4n) is 4.23. The number of hydrogen-bond acceptors (Lipinski definition) is 10. The zero-order valence-corrected chi connectivity index (χ0v) is 19.1. The Kier molecular flexibility index (Phi) is 7.37. The van der Waals surface area contributed by atoms with Crippen molar-refractivity contribution in [1.82, 2.24) is 19.5 Å². The zero-order valence-electron chi connectivity index (χ0n) is 17.4. The molecule has 4 rings (SSSR count). The molecule has 32 heavy (non-hydrogen) atoms. The summed E-state index contributed by atoms with van der Waals surface area (Å²) in [6.45, 7) is -0.592. The predicted molar refractivity (Wildman–Crippen MR) is 116 cm³/mol. The lowest BCUT2D eigenvalue weighted by molar-refractivity contribution is -0.0504. The van der Waals surface area contributed by atoms with Crippen LogP contribution >= 0.6 is 19.6 Å². The lowest BCUT2D eigenvalue weighted by atomic mass is 9.88. The number of nitrogens with two attached hydrogens (primary N) is 1. The Bertz CT molecular complexity index is 982. The Morgan fingerprint density at radius 2 is 1.97 bits per heavy atom. The van der Waals surface area contributed by atoms with Crippen LogP contribution in [0.3, 0.4) is 0 Å². The first-order valence-electron chi connectivity index (χ1n) is 10.6. The van der Waals surface area contributed by atoms with Crippen molar-refractivity contribution in [3.63, 3.8) is 0 Å². The third-order valence-electron chi connectivity index (χ3n) is 5.93. The molecule has 1 saturated carbocycles. The average molecular weight is 489 g/mol. The number of nitrogen functional groups attached to an aromatic ring is 1. The standard InChI is InChI=1S/C18H28N5O7PS/c19-15-12-16(22-18(21-15)32-7-6-10-4-2-1-3-5-10)23(9-20-12)17-14(25)13(24)11(30-17)8-29-31(26,27)28/h9-11,13-14,17,24-25H,1-8H2,(H2,19,21,22)(H2,26,27,28)/t11-,13-,14-,17-/m1/s1. The number of hydrogen-bond donors (Lipinski definition) is 5. The van der Waals surface area contributed by atoms with Crippen LogP contribution < -0.4 is 5.73 Å². The number of anilines is 1. The maximum Gasteiger partial charge on any atom is 0.469 e. The molecule has 0 bridgehead atoms. The van der Waals surface area contributed by atoms with Crippen LogP contribution in [0, 0.1) is 5.92 Å². The van der Waals surface area contributed by atoms with Crippen LogP contribution in [0.4, 0.5) is 5.82 Å². The Hall–Kier alpha value is -1.31. The summed E-state index contributed by atoms with van der Waals surface area (Å²) < 4.78 is 22.4. The van der Waals surface area contributed by atoms with E-state index in [-0.39, 0.29) is 5.82 Å². The van der Waals surface area contributed by atoms with Crippen LogP contribution in [-0.2, 0) is 13.8 Å². The topological polar surface area (TPSA) is 186 Å². The number of thioether (sulfide) groups is 1. The second-order valence-corrected chi connectivity index (χ2v) is 10.5. The van der Waals surface area contributed by atoms with Crippen LogP contribution in [0.1, 0.15) is 44.8 Å². The Labute approximate surface area is 188 Å². The summed E-state index contributed by atoms with van der Waals surface area (Å²) in [5.74, 6) is 1.80. The number of ether oxygens (including phenoxy) is 1. The summed E-state index contributed by atoms with van der Waals surface area (Å²) in [5.41, 5.74) is 6.74.